The second-order valence-electron chi connectivity index (χ2n) is 7.68. The minimum Gasteiger partial charge on any atom is -0.357 e. The topological polar surface area (TPSA) is 104 Å². The summed E-state index contributed by atoms with van der Waals surface area (Å²) < 4.78 is 26.0. The maximum Gasteiger partial charge on any atom is 0.244 e. The summed E-state index contributed by atoms with van der Waals surface area (Å²) in [6.45, 7) is 4.52. The predicted molar refractivity (Wildman–Crippen MR) is 124 cm³/mol. The van der Waals surface area contributed by atoms with Crippen molar-refractivity contribution in [1.82, 2.24) is 10.2 Å². The second kappa shape index (κ2) is 10.4. The van der Waals surface area contributed by atoms with Gasteiger partial charge >= 0.3 is 0 Å². The molecule has 1 N–H and O–H groups in total. The van der Waals surface area contributed by atoms with Gasteiger partial charge in [-0.05, 0) is 38.5 Å². The first-order valence-electron chi connectivity index (χ1n) is 10.1. The summed E-state index contributed by atoms with van der Waals surface area (Å²) in [6, 6.07) is 12.8. The average Bonchev–Trinajstić information content (AvgIpc) is 2.73. The molecule has 0 aliphatic rings. The Bertz CT molecular complexity index is 1110. The zero-order valence-corrected chi connectivity index (χ0v) is 19.8. The Morgan fingerprint density at radius 3 is 2.28 bits per heavy atom. The number of nitrogens with one attached hydrogen (secondary N) is 1. The minimum absolute atomic E-state index is 0.139. The van der Waals surface area contributed by atoms with Gasteiger partial charge in [0.15, 0.2) is 5.78 Å². The molecule has 0 unspecified atom stereocenters. The highest BCUT2D eigenvalue weighted by Crippen LogP contribution is 2.21. The van der Waals surface area contributed by atoms with E-state index in [0.29, 0.717) is 5.56 Å². The number of ketones is 1. The molecule has 0 aliphatic heterocycles. The lowest BCUT2D eigenvalue weighted by Crippen LogP contribution is -2.50. The lowest BCUT2D eigenvalue weighted by molar-refractivity contribution is -0.139. The van der Waals surface area contributed by atoms with E-state index in [0.717, 1.165) is 21.7 Å². The third-order valence-corrected chi connectivity index (χ3v) is 6.21. The molecule has 0 aliphatic carbocycles. The number of sulfonamides is 1. The standard InChI is InChI=1S/C23H29N3O5S/c1-16-8-6-9-19(12-16)14-25(17(2)23(29)24-4)22(28)15-26(32(5,30)31)21-11-7-10-20(13-21)18(3)27/h6-13,17H,14-15H2,1-5H3,(H,24,29)/t17-/m0/s1. The molecule has 2 aromatic carbocycles. The van der Waals surface area contributed by atoms with Gasteiger partial charge in [0.25, 0.3) is 0 Å². The van der Waals surface area contributed by atoms with Gasteiger partial charge < -0.3 is 10.2 Å². The molecule has 1 atom stereocenters. The van der Waals surface area contributed by atoms with E-state index in [4.69, 9.17) is 0 Å². The number of Topliss-reactive ketones (excluding diaryl/α,β-unsaturated/α-hetero) is 1. The molecule has 32 heavy (non-hydrogen) atoms. The smallest absolute Gasteiger partial charge is 0.244 e. The van der Waals surface area contributed by atoms with Crippen molar-refractivity contribution in [2.75, 3.05) is 24.2 Å². The Morgan fingerprint density at radius 1 is 1.06 bits per heavy atom. The third kappa shape index (κ3) is 6.40. The zero-order chi connectivity index (χ0) is 24.1. The van der Waals surface area contributed by atoms with Crippen molar-refractivity contribution in [2.24, 2.45) is 0 Å². The number of rotatable bonds is 9. The van der Waals surface area contributed by atoms with Crippen LogP contribution in [-0.4, -0.2) is 56.8 Å². The lowest BCUT2D eigenvalue weighted by Gasteiger charge is -2.31. The van der Waals surface area contributed by atoms with Crippen LogP contribution in [0.3, 0.4) is 0 Å². The van der Waals surface area contributed by atoms with Gasteiger partial charge in [0.05, 0.1) is 11.9 Å². The summed E-state index contributed by atoms with van der Waals surface area (Å²) in [5, 5.41) is 2.53. The molecule has 9 heteroatoms. The van der Waals surface area contributed by atoms with Crippen molar-refractivity contribution < 1.29 is 22.8 Å². The van der Waals surface area contributed by atoms with Crippen LogP contribution < -0.4 is 9.62 Å². The molecule has 172 valence electrons. The fraction of sp³-hybridized carbons (Fsp3) is 0.348. The molecule has 0 spiro atoms. The van der Waals surface area contributed by atoms with E-state index in [1.165, 1.54) is 31.0 Å². The quantitative estimate of drug-likeness (QED) is 0.579. The number of hydrogen-bond donors (Lipinski definition) is 1. The van der Waals surface area contributed by atoms with E-state index in [1.807, 2.05) is 31.2 Å². The summed E-state index contributed by atoms with van der Waals surface area (Å²) in [5.74, 6) is -1.13. The van der Waals surface area contributed by atoms with Gasteiger partial charge in [-0.25, -0.2) is 8.42 Å². The minimum atomic E-state index is -3.85. The number of carbonyl (C=O) groups is 3. The van der Waals surface area contributed by atoms with Crippen LogP contribution in [-0.2, 0) is 26.2 Å². The Hall–Kier alpha value is -3.20. The van der Waals surface area contributed by atoms with E-state index in [2.05, 4.69) is 5.32 Å². The molecule has 2 rings (SSSR count). The SMILES string of the molecule is CNC(=O)[C@H](C)N(Cc1cccc(C)c1)C(=O)CN(c1cccc(C(C)=O)c1)S(C)(=O)=O. The summed E-state index contributed by atoms with van der Waals surface area (Å²) in [6.07, 6.45) is 0.994. The maximum atomic E-state index is 13.3. The largest absolute Gasteiger partial charge is 0.357 e. The molecule has 2 amide bonds. The Kier molecular flexibility index (Phi) is 8.15. The number of amides is 2. The Labute approximate surface area is 189 Å². The fourth-order valence-corrected chi connectivity index (χ4v) is 4.13. The monoisotopic (exact) mass is 459 g/mol. The highest BCUT2D eigenvalue weighted by Gasteiger charge is 2.29. The molecule has 0 saturated heterocycles. The van der Waals surface area contributed by atoms with Gasteiger partial charge in [-0.1, -0.05) is 42.0 Å². The Balaban J connectivity index is 2.42. The first-order valence-corrected chi connectivity index (χ1v) is 11.9. The molecular weight excluding hydrogens is 430 g/mol. The molecule has 0 bridgehead atoms. The average molecular weight is 460 g/mol. The first kappa shape index (κ1) is 25.1. The van der Waals surface area contributed by atoms with Gasteiger partial charge in [-0.15, -0.1) is 0 Å². The molecule has 0 heterocycles. The van der Waals surface area contributed by atoms with E-state index in [-0.39, 0.29) is 23.9 Å². The highest BCUT2D eigenvalue weighted by atomic mass is 32.2. The molecule has 0 saturated carbocycles. The number of carbonyl (C=O) groups excluding carboxylic acids is 3. The van der Waals surface area contributed by atoms with E-state index in [1.54, 1.807) is 19.1 Å². The van der Waals surface area contributed by atoms with Crippen molar-refractivity contribution in [3.05, 3.63) is 65.2 Å². The van der Waals surface area contributed by atoms with Gasteiger partial charge in [0.2, 0.25) is 21.8 Å². The Morgan fingerprint density at radius 2 is 1.72 bits per heavy atom. The number of hydrogen-bond acceptors (Lipinski definition) is 5. The molecule has 0 aromatic heterocycles. The summed E-state index contributed by atoms with van der Waals surface area (Å²) >= 11 is 0. The lowest BCUT2D eigenvalue weighted by atomic mass is 10.1. The van der Waals surface area contributed by atoms with Crippen molar-refractivity contribution >= 4 is 33.3 Å². The van der Waals surface area contributed by atoms with Crippen LogP contribution in [0, 0.1) is 6.92 Å². The molecular formula is C23H29N3O5S. The maximum absolute atomic E-state index is 13.3. The summed E-state index contributed by atoms with van der Waals surface area (Å²) in [4.78, 5) is 38.7. The zero-order valence-electron chi connectivity index (χ0n) is 19.0. The normalized spacial score (nSPS) is 12.0. The van der Waals surface area contributed by atoms with Crippen LogP contribution in [0.5, 0.6) is 0 Å². The van der Waals surface area contributed by atoms with Crippen molar-refractivity contribution in [1.29, 1.82) is 0 Å². The van der Waals surface area contributed by atoms with Crippen molar-refractivity contribution in [3.63, 3.8) is 0 Å². The van der Waals surface area contributed by atoms with Crippen molar-refractivity contribution in [2.45, 2.75) is 33.4 Å². The number of aryl methyl sites for hydroxylation is 1. The molecule has 0 radical (unpaired) electrons. The van der Waals surface area contributed by atoms with Gasteiger partial charge in [-0.3, -0.25) is 18.7 Å². The third-order valence-electron chi connectivity index (χ3n) is 5.07. The van der Waals surface area contributed by atoms with Gasteiger partial charge in [0.1, 0.15) is 12.6 Å². The number of anilines is 1. The number of benzene rings is 2. The van der Waals surface area contributed by atoms with Gasteiger partial charge in [0, 0.05) is 19.2 Å². The summed E-state index contributed by atoms with van der Waals surface area (Å²) in [7, 11) is -2.37. The van der Waals surface area contributed by atoms with Crippen LogP contribution in [0.15, 0.2) is 48.5 Å². The highest BCUT2D eigenvalue weighted by molar-refractivity contribution is 7.92. The number of nitrogens with zero attached hydrogens (tertiary/aromatic N) is 2. The molecule has 0 fully saturated rings. The first-order chi connectivity index (χ1) is 14.9. The molecule has 2 aromatic rings. The van der Waals surface area contributed by atoms with Gasteiger partial charge in [-0.2, -0.15) is 0 Å². The van der Waals surface area contributed by atoms with E-state index < -0.39 is 28.5 Å². The second-order valence-corrected chi connectivity index (χ2v) is 9.58. The number of likely N-dealkylation sites (N-methyl/N-ethyl adjacent to an activating group) is 1. The van der Waals surface area contributed by atoms with E-state index in [9.17, 15) is 22.8 Å². The fourth-order valence-electron chi connectivity index (χ4n) is 3.29. The van der Waals surface area contributed by atoms with Crippen molar-refractivity contribution in [3.8, 4) is 0 Å². The summed E-state index contributed by atoms with van der Waals surface area (Å²) in [5.41, 5.74) is 2.36. The van der Waals surface area contributed by atoms with Crippen LogP contribution in [0.1, 0.15) is 35.3 Å². The predicted octanol–water partition coefficient (Wildman–Crippen LogP) is 2.13. The van der Waals surface area contributed by atoms with Crippen LogP contribution >= 0.6 is 0 Å². The van der Waals surface area contributed by atoms with Crippen LogP contribution in [0.25, 0.3) is 0 Å². The van der Waals surface area contributed by atoms with Crippen LogP contribution in [0.2, 0.25) is 0 Å². The molecule has 8 nitrogen and oxygen atoms in total. The van der Waals surface area contributed by atoms with E-state index >= 15 is 0 Å². The van der Waals surface area contributed by atoms with Crippen LogP contribution in [0.4, 0.5) is 5.69 Å².